The standard InChI is InChI=1S/C87H144O17P2/c1-5-9-13-17-21-25-29-33-36-38-40-42-45-49-52-56-60-64-68-72-85(90)98-78-83(104-87(92)74-70-66-62-58-54-50-46-43-41-39-37-34-30-26-22-18-14-10-6-2)80-102-106(95,96)100-76-81(88)75-99-105(93,94)101-79-82(103-86(91)73-69-65-61-57-53-47-32-28-24-20-16-12-8-4)77-97-84(89)71-67-63-59-55-51-48-44-35-31-27-23-19-15-11-7-3/h9,11,13,15,21-23,25-28,32-37,40-44,49,52,60,64,81-83,88H,5-8,10,12,14,16-20,24,29-31,38-39,45-48,50-51,53-59,61-63,65-80H2,1-4H3,(H,93,94)(H,95,96)/b13-9-,15-11-,25-21-,26-22-,27-23-,32-28-,36-33-,37-34-,42-40-,43-41-,44-35-,52-49-,64-60-. The first-order valence-electron chi connectivity index (χ1n) is 40.7. The monoisotopic (exact) mass is 1520 g/mol. The molecule has 0 aromatic rings. The van der Waals surface area contributed by atoms with E-state index in [0.29, 0.717) is 32.1 Å². The molecule has 0 radical (unpaired) electrons. The third kappa shape index (κ3) is 76.9. The molecular formula is C87H144O17P2. The maximum absolute atomic E-state index is 13.1. The van der Waals surface area contributed by atoms with Crippen molar-refractivity contribution in [1.29, 1.82) is 0 Å². The van der Waals surface area contributed by atoms with Crippen molar-refractivity contribution >= 4 is 39.5 Å². The van der Waals surface area contributed by atoms with E-state index in [1.165, 1.54) is 44.9 Å². The predicted molar refractivity (Wildman–Crippen MR) is 436 cm³/mol. The molecular weight excluding hydrogens is 1380 g/mol. The lowest BCUT2D eigenvalue weighted by Crippen LogP contribution is -2.30. The summed E-state index contributed by atoms with van der Waals surface area (Å²) in [5, 5.41) is 10.6. The smallest absolute Gasteiger partial charge is 0.462 e. The molecule has 17 nitrogen and oxygen atoms in total. The topological polar surface area (TPSA) is 237 Å². The van der Waals surface area contributed by atoms with Crippen LogP contribution >= 0.6 is 15.6 Å². The lowest BCUT2D eigenvalue weighted by atomic mass is 10.1. The molecule has 0 aromatic heterocycles. The number of phosphoric ester groups is 2. The summed E-state index contributed by atoms with van der Waals surface area (Å²) in [6.07, 6.45) is 90.9. The summed E-state index contributed by atoms with van der Waals surface area (Å²) < 4.78 is 68.6. The van der Waals surface area contributed by atoms with E-state index in [4.69, 9.17) is 37.0 Å². The van der Waals surface area contributed by atoms with Crippen LogP contribution in [0.1, 0.15) is 310 Å². The number of phosphoric acid groups is 2. The van der Waals surface area contributed by atoms with Crippen LogP contribution in [0.2, 0.25) is 0 Å². The van der Waals surface area contributed by atoms with Crippen LogP contribution in [-0.4, -0.2) is 96.7 Å². The van der Waals surface area contributed by atoms with Gasteiger partial charge in [0.25, 0.3) is 0 Å². The van der Waals surface area contributed by atoms with E-state index in [9.17, 15) is 43.2 Å². The van der Waals surface area contributed by atoms with Crippen LogP contribution in [0.3, 0.4) is 0 Å². The Balaban J connectivity index is 5.47. The summed E-state index contributed by atoms with van der Waals surface area (Å²) in [5.41, 5.74) is 0. The summed E-state index contributed by atoms with van der Waals surface area (Å²) in [4.78, 5) is 73.1. The Kier molecular flexibility index (Phi) is 73.9. The highest BCUT2D eigenvalue weighted by Gasteiger charge is 2.30. The second kappa shape index (κ2) is 77.8. The van der Waals surface area contributed by atoms with Gasteiger partial charge in [0, 0.05) is 25.7 Å². The summed E-state index contributed by atoms with van der Waals surface area (Å²) in [7, 11) is -10.0. The molecule has 604 valence electrons. The molecule has 0 aliphatic carbocycles. The summed E-state index contributed by atoms with van der Waals surface area (Å²) in [6.45, 7) is 4.48. The number of unbranched alkanes of at least 4 members (excludes halogenated alkanes) is 23. The van der Waals surface area contributed by atoms with Crippen LogP contribution in [0, 0.1) is 0 Å². The van der Waals surface area contributed by atoms with Crippen LogP contribution in [0.4, 0.5) is 0 Å². The summed E-state index contributed by atoms with van der Waals surface area (Å²) in [5.74, 6) is -2.32. The van der Waals surface area contributed by atoms with Gasteiger partial charge in [0.2, 0.25) is 0 Å². The van der Waals surface area contributed by atoms with Crippen molar-refractivity contribution in [1.82, 2.24) is 0 Å². The van der Waals surface area contributed by atoms with Gasteiger partial charge < -0.3 is 33.8 Å². The number of carbonyl (C=O) groups excluding carboxylic acids is 4. The van der Waals surface area contributed by atoms with Crippen molar-refractivity contribution < 1.29 is 80.2 Å². The van der Waals surface area contributed by atoms with Crippen molar-refractivity contribution in [2.75, 3.05) is 39.6 Å². The van der Waals surface area contributed by atoms with Gasteiger partial charge in [-0.05, 0) is 161 Å². The third-order valence-corrected chi connectivity index (χ3v) is 18.4. The van der Waals surface area contributed by atoms with Crippen molar-refractivity contribution in [3.63, 3.8) is 0 Å². The van der Waals surface area contributed by atoms with Crippen molar-refractivity contribution in [3.8, 4) is 0 Å². The fraction of sp³-hybridized carbons (Fsp3) is 0.655. The van der Waals surface area contributed by atoms with Crippen molar-refractivity contribution in [2.24, 2.45) is 0 Å². The number of hydrogen-bond acceptors (Lipinski definition) is 15. The molecule has 0 aliphatic heterocycles. The van der Waals surface area contributed by atoms with Gasteiger partial charge in [-0.1, -0.05) is 282 Å². The van der Waals surface area contributed by atoms with Crippen LogP contribution in [0.5, 0.6) is 0 Å². The van der Waals surface area contributed by atoms with E-state index in [0.717, 1.165) is 180 Å². The summed E-state index contributed by atoms with van der Waals surface area (Å²) in [6, 6.07) is 0. The van der Waals surface area contributed by atoms with Gasteiger partial charge in [-0.25, -0.2) is 9.13 Å². The number of hydrogen-bond donors (Lipinski definition) is 3. The molecule has 0 saturated carbocycles. The molecule has 3 N–H and O–H groups in total. The molecule has 5 atom stereocenters. The predicted octanol–water partition coefficient (Wildman–Crippen LogP) is 24.0. The van der Waals surface area contributed by atoms with Gasteiger partial charge >= 0.3 is 39.5 Å². The molecule has 0 aromatic carbocycles. The first-order valence-corrected chi connectivity index (χ1v) is 43.7. The molecule has 0 spiro atoms. The van der Waals surface area contributed by atoms with E-state index in [2.05, 4.69) is 167 Å². The zero-order valence-corrected chi connectivity index (χ0v) is 67.8. The number of aliphatic hydroxyl groups excluding tert-OH is 1. The first kappa shape index (κ1) is 101. The van der Waals surface area contributed by atoms with E-state index in [1.807, 2.05) is 18.2 Å². The number of ether oxygens (including phenoxy) is 4. The fourth-order valence-corrected chi connectivity index (χ4v) is 11.9. The Morgan fingerprint density at radius 3 is 0.840 bits per heavy atom. The lowest BCUT2D eigenvalue weighted by molar-refractivity contribution is -0.161. The minimum atomic E-state index is -5.01. The molecule has 106 heavy (non-hydrogen) atoms. The number of allylic oxidation sites excluding steroid dienone is 26. The Bertz CT molecular complexity index is 2630. The molecule has 0 saturated heterocycles. The van der Waals surface area contributed by atoms with Crippen LogP contribution in [0.25, 0.3) is 0 Å². The molecule has 0 fully saturated rings. The van der Waals surface area contributed by atoms with E-state index < -0.39 is 97.5 Å². The van der Waals surface area contributed by atoms with Crippen LogP contribution in [-0.2, 0) is 65.4 Å². The quantitative estimate of drug-likeness (QED) is 0.0169. The Morgan fingerprint density at radius 2 is 0.509 bits per heavy atom. The highest BCUT2D eigenvalue weighted by Crippen LogP contribution is 2.45. The normalized spacial score (nSPS) is 14.7. The number of aliphatic hydroxyl groups is 1. The molecule has 0 amide bonds. The van der Waals surface area contributed by atoms with E-state index in [-0.39, 0.29) is 25.7 Å². The molecule has 0 bridgehead atoms. The van der Waals surface area contributed by atoms with Gasteiger partial charge in [0.15, 0.2) is 12.2 Å². The van der Waals surface area contributed by atoms with Crippen LogP contribution < -0.4 is 0 Å². The van der Waals surface area contributed by atoms with Crippen molar-refractivity contribution in [2.45, 2.75) is 329 Å². The van der Waals surface area contributed by atoms with Gasteiger partial charge in [-0.2, -0.15) is 0 Å². The SMILES string of the molecule is CC/C=C\C/C=C\C/C=C\C/C=C\C/C=C\C/C=C\CCC(=O)OCC(COP(=O)(O)OCC(O)COP(=O)(O)OCC(COC(=O)CCCCCCC/C=C\C/C=C\C/C=C\CC)OC(=O)CCCCCCC/C=C\CCCCCC)OC(=O)CCCCCCCC/C=C\C/C=C\C/C=C\CCCCC. The second-order valence-electron chi connectivity index (χ2n) is 26.6. The van der Waals surface area contributed by atoms with Crippen molar-refractivity contribution in [3.05, 3.63) is 158 Å². The zero-order chi connectivity index (χ0) is 77.4. The molecule has 0 rings (SSSR count). The number of esters is 4. The minimum Gasteiger partial charge on any atom is -0.462 e. The van der Waals surface area contributed by atoms with Gasteiger partial charge in [0.1, 0.15) is 19.3 Å². The summed E-state index contributed by atoms with van der Waals surface area (Å²) >= 11 is 0. The molecule has 0 heterocycles. The van der Waals surface area contributed by atoms with Gasteiger partial charge in [0.05, 0.1) is 26.4 Å². The zero-order valence-electron chi connectivity index (χ0n) is 66.1. The van der Waals surface area contributed by atoms with Gasteiger partial charge in [-0.3, -0.25) is 37.3 Å². The Hall–Kier alpha value is -5.32. The highest BCUT2D eigenvalue weighted by atomic mass is 31.2. The first-order chi connectivity index (χ1) is 51.7. The van der Waals surface area contributed by atoms with Crippen LogP contribution in [0.15, 0.2) is 158 Å². The average molecular weight is 1520 g/mol. The van der Waals surface area contributed by atoms with Gasteiger partial charge in [-0.15, -0.1) is 0 Å². The average Bonchev–Trinajstić information content (AvgIpc) is 0.903. The molecule has 5 unspecified atom stereocenters. The third-order valence-electron chi connectivity index (χ3n) is 16.5. The number of carbonyl (C=O) groups is 4. The minimum absolute atomic E-state index is 0.0280. The molecule has 0 aliphatic rings. The maximum atomic E-state index is 13.1. The fourth-order valence-electron chi connectivity index (χ4n) is 10.3. The van der Waals surface area contributed by atoms with E-state index in [1.54, 1.807) is 0 Å². The Labute approximate surface area is 642 Å². The largest absolute Gasteiger partial charge is 0.472 e. The maximum Gasteiger partial charge on any atom is 0.472 e. The lowest BCUT2D eigenvalue weighted by Gasteiger charge is -2.21. The number of rotatable bonds is 75. The highest BCUT2D eigenvalue weighted by molar-refractivity contribution is 7.47. The Morgan fingerprint density at radius 1 is 0.274 bits per heavy atom. The molecule has 19 heteroatoms. The van der Waals surface area contributed by atoms with E-state index >= 15 is 0 Å². The second-order valence-corrected chi connectivity index (χ2v) is 29.5.